The summed E-state index contributed by atoms with van der Waals surface area (Å²) in [5.41, 5.74) is 0.555. The van der Waals surface area contributed by atoms with E-state index in [9.17, 15) is 9.90 Å². The fraction of sp³-hybridized carbons (Fsp3) is 0.462. The van der Waals surface area contributed by atoms with Crippen LogP contribution in [0.25, 0.3) is 0 Å². The molecule has 1 aliphatic carbocycles. The molecule has 2 rings (SSSR count). The Hall–Kier alpha value is -1.55. The van der Waals surface area contributed by atoms with Crippen LogP contribution in [0, 0.1) is 0 Å². The molecule has 0 radical (unpaired) electrons. The Morgan fingerprint density at radius 2 is 2.18 bits per heavy atom. The van der Waals surface area contributed by atoms with Gasteiger partial charge in [0.15, 0.2) is 11.5 Å². The lowest BCUT2D eigenvalue weighted by atomic mass is 10.2. The summed E-state index contributed by atoms with van der Waals surface area (Å²) < 4.78 is 10.9. The smallest absolute Gasteiger partial charge is 0.162 e. The fourth-order valence-corrected chi connectivity index (χ4v) is 2.06. The third kappa shape index (κ3) is 2.77. The van der Waals surface area contributed by atoms with Crippen molar-refractivity contribution < 1.29 is 19.4 Å². The van der Waals surface area contributed by atoms with Crippen LogP contribution in [-0.2, 0) is 0 Å². The van der Waals surface area contributed by atoms with Gasteiger partial charge in [-0.3, -0.25) is 4.79 Å². The maximum Gasteiger partial charge on any atom is 0.162 e. The number of carbonyl (C=O) groups excluding carboxylic acids is 1. The van der Waals surface area contributed by atoms with Crippen molar-refractivity contribution in [2.24, 2.45) is 0 Å². The summed E-state index contributed by atoms with van der Waals surface area (Å²) in [6, 6.07) is 5.06. The molecule has 0 aromatic heterocycles. The van der Waals surface area contributed by atoms with E-state index in [2.05, 4.69) is 0 Å². The fourth-order valence-electron chi connectivity index (χ4n) is 2.06. The van der Waals surface area contributed by atoms with Gasteiger partial charge in [-0.15, -0.1) is 0 Å². The van der Waals surface area contributed by atoms with Crippen LogP contribution in [0.15, 0.2) is 18.2 Å². The van der Waals surface area contributed by atoms with Gasteiger partial charge < -0.3 is 14.6 Å². The van der Waals surface area contributed by atoms with E-state index in [0.717, 1.165) is 19.1 Å². The Morgan fingerprint density at radius 1 is 1.35 bits per heavy atom. The van der Waals surface area contributed by atoms with Crippen LogP contribution in [-0.4, -0.2) is 30.7 Å². The topological polar surface area (TPSA) is 55.8 Å². The van der Waals surface area contributed by atoms with Crippen molar-refractivity contribution in [3.63, 3.8) is 0 Å². The van der Waals surface area contributed by atoms with Gasteiger partial charge in [0.2, 0.25) is 0 Å². The maximum absolute atomic E-state index is 10.7. The summed E-state index contributed by atoms with van der Waals surface area (Å²) in [5.74, 6) is 1.17. The predicted molar refractivity (Wildman–Crippen MR) is 62.7 cm³/mol. The molecule has 4 nitrogen and oxygen atoms in total. The minimum atomic E-state index is -0.278. The first-order chi connectivity index (χ1) is 8.22. The molecule has 0 spiro atoms. The number of aliphatic hydroxyl groups excluding tert-OH is 1. The molecule has 4 heteroatoms. The van der Waals surface area contributed by atoms with Crippen LogP contribution >= 0.6 is 0 Å². The van der Waals surface area contributed by atoms with E-state index in [1.54, 1.807) is 25.3 Å². The second kappa shape index (κ2) is 5.19. The van der Waals surface area contributed by atoms with E-state index in [4.69, 9.17) is 9.47 Å². The largest absolute Gasteiger partial charge is 0.493 e. The molecule has 0 saturated heterocycles. The molecule has 1 aromatic rings. The molecule has 1 fully saturated rings. The van der Waals surface area contributed by atoms with Gasteiger partial charge in [0, 0.05) is 12.0 Å². The van der Waals surface area contributed by atoms with Crippen molar-refractivity contribution in [3.8, 4) is 11.5 Å². The third-order valence-corrected chi connectivity index (χ3v) is 2.97. The summed E-state index contributed by atoms with van der Waals surface area (Å²) in [6.45, 7) is 0. The number of aliphatic hydroxyl groups is 1. The zero-order valence-corrected chi connectivity index (χ0v) is 9.76. The summed E-state index contributed by atoms with van der Waals surface area (Å²) in [4.78, 5) is 10.7. The van der Waals surface area contributed by atoms with Gasteiger partial charge in [-0.25, -0.2) is 0 Å². The highest BCUT2D eigenvalue weighted by Gasteiger charge is 2.25. The number of hydrogen-bond acceptors (Lipinski definition) is 4. The average molecular weight is 236 g/mol. The Morgan fingerprint density at radius 3 is 2.76 bits per heavy atom. The Labute approximate surface area is 100 Å². The van der Waals surface area contributed by atoms with Gasteiger partial charge in [0.25, 0.3) is 0 Å². The molecule has 1 aliphatic rings. The zero-order chi connectivity index (χ0) is 12.3. The van der Waals surface area contributed by atoms with Crippen LogP contribution in [0.4, 0.5) is 0 Å². The van der Waals surface area contributed by atoms with Crippen molar-refractivity contribution in [1.29, 1.82) is 0 Å². The summed E-state index contributed by atoms with van der Waals surface area (Å²) in [7, 11) is 1.56. The molecule has 92 valence electrons. The maximum atomic E-state index is 10.7. The SMILES string of the molecule is COc1ccc(C=O)cc1O[C@H]1CC[C@H](O)C1. The number of methoxy groups -OCH3 is 1. The second-order valence-electron chi connectivity index (χ2n) is 4.23. The summed E-state index contributed by atoms with van der Waals surface area (Å²) in [5, 5.41) is 9.44. The third-order valence-electron chi connectivity index (χ3n) is 2.97. The minimum Gasteiger partial charge on any atom is -0.493 e. The zero-order valence-electron chi connectivity index (χ0n) is 9.76. The second-order valence-corrected chi connectivity index (χ2v) is 4.23. The molecule has 2 atom stereocenters. The van der Waals surface area contributed by atoms with Crippen molar-refractivity contribution in [2.45, 2.75) is 31.5 Å². The van der Waals surface area contributed by atoms with Crippen LogP contribution in [0.5, 0.6) is 11.5 Å². The van der Waals surface area contributed by atoms with Crippen LogP contribution in [0.3, 0.4) is 0 Å². The van der Waals surface area contributed by atoms with E-state index in [0.29, 0.717) is 23.5 Å². The monoisotopic (exact) mass is 236 g/mol. The quantitative estimate of drug-likeness (QED) is 0.810. The van der Waals surface area contributed by atoms with Gasteiger partial charge >= 0.3 is 0 Å². The number of benzene rings is 1. The van der Waals surface area contributed by atoms with Gasteiger partial charge in [0.05, 0.1) is 13.2 Å². The lowest BCUT2D eigenvalue weighted by Crippen LogP contribution is -2.14. The molecule has 1 N–H and O–H groups in total. The average Bonchev–Trinajstić information content (AvgIpc) is 2.74. The Kier molecular flexibility index (Phi) is 3.64. The molecule has 0 bridgehead atoms. The van der Waals surface area contributed by atoms with Crippen molar-refractivity contribution in [2.75, 3.05) is 7.11 Å². The Balaban J connectivity index is 2.15. The summed E-state index contributed by atoms with van der Waals surface area (Å²) >= 11 is 0. The van der Waals surface area contributed by atoms with E-state index < -0.39 is 0 Å². The first-order valence-corrected chi connectivity index (χ1v) is 5.71. The summed E-state index contributed by atoms with van der Waals surface area (Å²) in [6.07, 6.45) is 2.72. The van der Waals surface area contributed by atoms with Gasteiger partial charge in [-0.05, 0) is 31.0 Å². The first-order valence-electron chi connectivity index (χ1n) is 5.71. The molecule has 0 heterocycles. The molecule has 1 aromatic carbocycles. The van der Waals surface area contributed by atoms with E-state index in [1.807, 2.05) is 0 Å². The highest BCUT2D eigenvalue weighted by molar-refractivity contribution is 5.76. The Bertz CT molecular complexity index is 402. The number of aldehydes is 1. The van der Waals surface area contributed by atoms with Crippen molar-refractivity contribution in [1.82, 2.24) is 0 Å². The first kappa shape index (κ1) is 11.9. The minimum absolute atomic E-state index is 0.000743. The molecule has 0 unspecified atom stereocenters. The number of rotatable bonds is 4. The van der Waals surface area contributed by atoms with Gasteiger partial charge in [-0.2, -0.15) is 0 Å². The van der Waals surface area contributed by atoms with Crippen LogP contribution < -0.4 is 9.47 Å². The molecule has 0 aliphatic heterocycles. The molecule has 17 heavy (non-hydrogen) atoms. The van der Waals surface area contributed by atoms with E-state index >= 15 is 0 Å². The molecule has 1 saturated carbocycles. The van der Waals surface area contributed by atoms with Crippen molar-refractivity contribution >= 4 is 6.29 Å². The highest BCUT2D eigenvalue weighted by Crippen LogP contribution is 2.32. The van der Waals surface area contributed by atoms with Gasteiger partial charge in [-0.1, -0.05) is 0 Å². The van der Waals surface area contributed by atoms with E-state index in [-0.39, 0.29) is 12.2 Å². The van der Waals surface area contributed by atoms with Gasteiger partial charge in [0.1, 0.15) is 12.4 Å². The lowest BCUT2D eigenvalue weighted by molar-refractivity contribution is 0.112. The predicted octanol–water partition coefficient (Wildman–Crippen LogP) is 1.80. The molecular formula is C13H16O4. The van der Waals surface area contributed by atoms with Crippen LogP contribution in [0.2, 0.25) is 0 Å². The number of carbonyl (C=O) groups is 1. The number of ether oxygens (including phenoxy) is 2. The van der Waals surface area contributed by atoms with E-state index in [1.165, 1.54) is 0 Å². The normalized spacial score (nSPS) is 23.4. The standard InChI is InChI=1S/C13H16O4/c1-16-12-5-2-9(8-14)6-13(12)17-11-4-3-10(15)7-11/h2,5-6,8,10-11,15H,3-4,7H2,1H3/t10-,11-/m0/s1. The number of hydrogen-bond donors (Lipinski definition) is 1. The molecular weight excluding hydrogens is 220 g/mol. The van der Waals surface area contributed by atoms with Crippen molar-refractivity contribution in [3.05, 3.63) is 23.8 Å². The molecule has 0 amide bonds. The lowest BCUT2D eigenvalue weighted by Gasteiger charge is -2.16. The van der Waals surface area contributed by atoms with Crippen LogP contribution in [0.1, 0.15) is 29.6 Å². The highest BCUT2D eigenvalue weighted by atomic mass is 16.5.